The maximum atomic E-state index is 12.0. The summed E-state index contributed by atoms with van der Waals surface area (Å²) in [7, 11) is 0. The zero-order valence-corrected chi connectivity index (χ0v) is 11.2. The first kappa shape index (κ1) is 14.0. The monoisotopic (exact) mass is 266 g/mol. The van der Waals surface area contributed by atoms with Crippen molar-refractivity contribution < 1.29 is 9.59 Å². The lowest BCUT2D eigenvalue weighted by Gasteiger charge is -2.38. The van der Waals surface area contributed by atoms with Gasteiger partial charge >= 0.3 is 0 Å². The van der Waals surface area contributed by atoms with Crippen molar-refractivity contribution >= 4 is 11.8 Å². The highest BCUT2D eigenvalue weighted by Gasteiger charge is 2.31. The van der Waals surface area contributed by atoms with Crippen LogP contribution in [0, 0.1) is 5.92 Å². The van der Waals surface area contributed by atoms with Crippen molar-refractivity contribution in [2.24, 2.45) is 5.92 Å². The highest BCUT2D eigenvalue weighted by Crippen LogP contribution is 2.10. The largest absolute Gasteiger partial charge is 0.352 e. The predicted molar refractivity (Wildman–Crippen MR) is 72.6 cm³/mol. The van der Waals surface area contributed by atoms with Gasteiger partial charge in [-0.2, -0.15) is 0 Å². The molecule has 0 unspecified atom stereocenters. The van der Waals surface area contributed by atoms with Gasteiger partial charge in [0, 0.05) is 45.8 Å². The number of amides is 2. The Morgan fingerprint density at radius 1 is 1.26 bits per heavy atom. The van der Waals surface area contributed by atoms with E-state index in [1.165, 1.54) is 0 Å². The van der Waals surface area contributed by atoms with Crippen LogP contribution in [0.4, 0.5) is 0 Å². The first-order chi connectivity index (χ1) is 9.20. The molecule has 0 aromatic rings. The standard InChI is InChI=1S/C13H22N4O2/c1-2-3-15-12(18)10-16-4-6-17(7-5-16)13(19)11-8-14-9-11/h2,11,14H,1,3-10H2,(H,15,18). The van der Waals surface area contributed by atoms with Gasteiger partial charge in [-0.1, -0.05) is 6.08 Å². The molecule has 0 aromatic heterocycles. The number of piperazine rings is 1. The Morgan fingerprint density at radius 3 is 2.47 bits per heavy atom. The molecule has 0 aromatic carbocycles. The van der Waals surface area contributed by atoms with Crippen LogP contribution < -0.4 is 10.6 Å². The number of rotatable bonds is 5. The van der Waals surface area contributed by atoms with E-state index in [-0.39, 0.29) is 17.7 Å². The number of nitrogens with one attached hydrogen (secondary N) is 2. The summed E-state index contributed by atoms with van der Waals surface area (Å²) in [6.45, 7) is 9.08. The summed E-state index contributed by atoms with van der Waals surface area (Å²) in [6.07, 6.45) is 1.67. The van der Waals surface area contributed by atoms with Crippen molar-refractivity contribution in [2.45, 2.75) is 0 Å². The fraction of sp³-hybridized carbons (Fsp3) is 0.692. The minimum absolute atomic E-state index is 0.0165. The fourth-order valence-electron chi connectivity index (χ4n) is 2.29. The first-order valence-corrected chi connectivity index (χ1v) is 6.80. The molecule has 19 heavy (non-hydrogen) atoms. The molecule has 2 N–H and O–H groups in total. The van der Waals surface area contributed by atoms with Crippen LogP contribution in [0.3, 0.4) is 0 Å². The quantitative estimate of drug-likeness (QED) is 0.604. The van der Waals surface area contributed by atoms with E-state index in [9.17, 15) is 9.59 Å². The van der Waals surface area contributed by atoms with Crippen molar-refractivity contribution in [2.75, 3.05) is 52.4 Å². The second-order valence-corrected chi connectivity index (χ2v) is 5.05. The number of hydrogen-bond acceptors (Lipinski definition) is 4. The molecule has 0 bridgehead atoms. The second-order valence-electron chi connectivity index (χ2n) is 5.05. The molecule has 2 aliphatic heterocycles. The molecule has 2 rings (SSSR count). The van der Waals surface area contributed by atoms with Crippen LogP contribution in [0.25, 0.3) is 0 Å². The molecular formula is C13H22N4O2. The van der Waals surface area contributed by atoms with Gasteiger partial charge in [-0.15, -0.1) is 6.58 Å². The minimum atomic E-state index is 0.0165. The van der Waals surface area contributed by atoms with Crippen molar-refractivity contribution in [3.8, 4) is 0 Å². The topological polar surface area (TPSA) is 64.7 Å². The number of carbonyl (C=O) groups excluding carboxylic acids is 2. The Labute approximate surface area is 113 Å². The lowest BCUT2D eigenvalue weighted by atomic mass is 10.0. The van der Waals surface area contributed by atoms with E-state index in [1.54, 1.807) is 6.08 Å². The van der Waals surface area contributed by atoms with Gasteiger partial charge in [0.25, 0.3) is 0 Å². The van der Waals surface area contributed by atoms with E-state index in [2.05, 4.69) is 22.1 Å². The summed E-state index contributed by atoms with van der Waals surface area (Å²) in [5.74, 6) is 0.444. The number of hydrogen-bond donors (Lipinski definition) is 2. The van der Waals surface area contributed by atoms with E-state index in [0.29, 0.717) is 13.1 Å². The van der Waals surface area contributed by atoms with E-state index in [1.807, 2.05) is 4.90 Å². The van der Waals surface area contributed by atoms with Crippen LogP contribution in [0.15, 0.2) is 12.7 Å². The van der Waals surface area contributed by atoms with E-state index in [4.69, 9.17) is 0 Å². The molecule has 2 aliphatic rings. The summed E-state index contributed by atoms with van der Waals surface area (Å²) in [5.41, 5.74) is 0. The smallest absolute Gasteiger partial charge is 0.234 e. The zero-order chi connectivity index (χ0) is 13.7. The Kier molecular flexibility index (Phi) is 4.93. The van der Waals surface area contributed by atoms with Crippen molar-refractivity contribution in [3.05, 3.63) is 12.7 Å². The van der Waals surface area contributed by atoms with Crippen LogP contribution in [0.5, 0.6) is 0 Å². The third kappa shape index (κ3) is 3.78. The molecule has 2 amide bonds. The van der Waals surface area contributed by atoms with Gasteiger partial charge in [-0.05, 0) is 0 Å². The SMILES string of the molecule is C=CCNC(=O)CN1CCN(C(=O)C2CNC2)CC1. The summed E-state index contributed by atoms with van der Waals surface area (Å²) in [4.78, 5) is 27.6. The predicted octanol–water partition coefficient (Wildman–Crippen LogP) is -1.35. The second kappa shape index (κ2) is 6.68. The lowest BCUT2D eigenvalue weighted by Crippen LogP contribution is -2.57. The van der Waals surface area contributed by atoms with Crippen LogP contribution in [0.1, 0.15) is 0 Å². The van der Waals surface area contributed by atoms with Crippen molar-refractivity contribution in [3.63, 3.8) is 0 Å². The summed E-state index contributed by atoms with van der Waals surface area (Å²) >= 11 is 0. The Balaban J connectivity index is 1.68. The lowest BCUT2D eigenvalue weighted by molar-refractivity contribution is -0.139. The maximum absolute atomic E-state index is 12.0. The molecule has 2 heterocycles. The molecule has 106 valence electrons. The van der Waals surface area contributed by atoms with Gasteiger partial charge < -0.3 is 15.5 Å². The van der Waals surface area contributed by atoms with Gasteiger partial charge in [-0.25, -0.2) is 0 Å². The average molecular weight is 266 g/mol. The van der Waals surface area contributed by atoms with Crippen molar-refractivity contribution in [1.29, 1.82) is 0 Å². The molecule has 0 saturated carbocycles. The number of carbonyl (C=O) groups is 2. The third-order valence-corrected chi connectivity index (χ3v) is 3.63. The zero-order valence-electron chi connectivity index (χ0n) is 11.2. The highest BCUT2D eigenvalue weighted by atomic mass is 16.2. The molecule has 0 spiro atoms. The third-order valence-electron chi connectivity index (χ3n) is 3.63. The fourth-order valence-corrected chi connectivity index (χ4v) is 2.29. The average Bonchev–Trinajstić information content (AvgIpc) is 2.35. The molecule has 0 radical (unpaired) electrons. The summed E-state index contributed by atoms with van der Waals surface area (Å²) < 4.78 is 0. The molecule has 2 saturated heterocycles. The molecule has 6 heteroatoms. The van der Waals surface area contributed by atoms with E-state index < -0.39 is 0 Å². The Hall–Kier alpha value is -1.40. The van der Waals surface area contributed by atoms with Gasteiger partial charge in [0.2, 0.25) is 11.8 Å². The van der Waals surface area contributed by atoms with Gasteiger partial charge in [0.1, 0.15) is 0 Å². The normalized spacial score (nSPS) is 20.7. The molecular weight excluding hydrogens is 244 g/mol. The molecule has 0 atom stereocenters. The van der Waals surface area contributed by atoms with Crippen LogP contribution in [-0.4, -0.2) is 74.0 Å². The molecule has 6 nitrogen and oxygen atoms in total. The Morgan fingerprint density at radius 2 is 1.95 bits per heavy atom. The van der Waals surface area contributed by atoms with Gasteiger partial charge in [0.15, 0.2) is 0 Å². The van der Waals surface area contributed by atoms with Gasteiger partial charge in [0.05, 0.1) is 12.5 Å². The van der Waals surface area contributed by atoms with Crippen LogP contribution in [0.2, 0.25) is 0 Å². The summed E-state index contributed by atoms with van der Waals surface area (Å²) in [5, 5.41) is 5.88. The molecule has 2 fully saturated rings. The summed E-state index contributed by atoms with van der Waals surface area (Å²) in [6, 6.07) is 0. The molecule has 0 aliphatic carbocycles. The highest BCUT2D eigenvalue weighted by molar-refractivity contribution is 5.80. The van der Waals surface area contributed by atoms with E-state index in [0.717, 1.165) is 39.3 Å². The van der Waals surface area contributed by atoms with E-state index >= 15 is 0 Å². The number of nitrogens with zero attached hydrogens (tertiary/aromatic N) is 2. The Bertz CT molecular complexity index is 347. The minimum Gasteiger partial charge on any atom is -0.352 e. The van der Waals surface area contributed by atoms with Crippen molar-refractivity contribution in [1.82, 2.24) is 20.4 Å². The maximum Gasteiger partial charge on any atom is 0.234 e. The van der Waals surface area contributed by atoms with Gasteiger partial charge in [-0.3, -0.25) is 14.5 Å². The van der Waals surface area contributed by atoms with Crippen LogP contribution in [-0.2, 0) is 9.59 Å². The van der Waals surface area contributed by atoms with Crippen LogP contribution >= 0.6 is 0 Å². The first-order valence-electron chi connectivity index (χ1n) is 6.80.